The summed E-state index contributed by atoms with van der Waals surface area (Å²) in [7, 11) is 0. The van der Waals surface area contributed by atoms with Gasteiger partial charge < -0.3 is 10.2 Å². The number of rotatable bonds is 8. The molecule has 160 valence electrons. The normalized spacial score (nSPS) is 11.6. The molecule has 2 amide bonds. The summed E-state index contributed by atoms with van der Waals surface area (Å²) in [6.45, 7) is 2.37. The lowest BCUT2D eigenvalue weighted by Gasteiger charge is -2.31. The molecule has 1 atom stereocenters. The lowest BCUT2D eigenvalue weighted by molar-refractivity contribution is -0.141. The van der Waals surface area contributed by atoms with Gasteiger partial charge in [0.2, 0.25) is 11.8 Å². The van der Waals surface area contributed by atoms with Crippen molar-refractivity contribution in [3.8, 4) is 0 Å². The Morgan fingerprint density at radius 2 is 1.58 bits per heavy atom. The molecule has 0 radical (unpaired) electrons. The molecule has 0 bridgehead atoms. The van der Waals surface area contributed by atoms with Crippen molar-refractivity contribution in [1.29, 1.82) is 0 Å². The lowest BCUT2D eigenvalue weighted by atomic mass is 10.0. The number of halogens is 2. The zero-order chi connectivity index (χ0) is 22.2. The standard InChI is InChI=1S/C25H24Cl2N2O2/c1-2-23(30)29(17-18-9-5-3-6-10-18)24(19-11-7-4-8-12-19)25(31)28-16-20-13-14-21(26)15-22(20)27/h3-15,24H,2,16-17H2,1H3,(H,28,31). The summed E-state index contributed by atoms with van der Waals surface area (Å²) >= 11 is 12.2. The third-order valence-electron chi connectivity index (χ3n) is 4.96. The van der Waals surface area contributed by atoms with E-state index in [9.17, 15) is 9.59 Å². The molecule has 0 spiro atoms. The Kier molecular flexibility index (Phi) is 8.10. The van der Waals surface area contributed by atoms with Crippen LogP contribution >= 0.6 is 23.2 Å². The molecular weight excluding hydrogens is 431 g/mol. The first kappa shape index (κ1) is 22.9. The monoisotopic (exact) mass is 454 g/mol. The average Bonchev–Trinajstić information content (AvgIpc) is 2.79. The fourth-order valence-electron chi connectivity index (χ4n) is 3.36. The quantitative estimate of drug-likeness (QED) is 0.468. The zero-order valence-corrected chi connectivity index (χ0v) is 18.7. The van der Waals surface area contributed by atoms with E-state index < -0.39 is 6.04 Å². The number of carbonyl (C=O) groups excluding carboxylic acids is 2. The predicted octanol–water partition coefficient (Wildman–Crippen LogP) is 5.79. The highest BCUT2D eigenvalue weighted by molar-refractivity contribution is 6.35. The highest BCUT2D eigenvalue weighted by Gasteiger charge is 2.30. The molecule has 0 aliphatic heterocycles. The van der Waals surface area contributed by atoms with Crippen LogP contribution in [-0.4, -0.2) is 16.7 Å². The molecule has 1 N–H and O–H groups in total. The summed E-state index contributed by atoms with van der Waals surface area (Å²) in [5.74, 6) is -0.368. The molecule has 0 aliphatic rings. The molecule has 3 rings (SSSR count). The van der Waals surface area contributed by atoms with Crippen LogP contribution in [0.5, 0.6) is 0 Å². The van der Waals surface area contributed by atoms with Crippen molar-refractivity contribution in [3.05, 3.63) is 106 Å². The van der Waals surface area contributed by atoms with E-state index in [2.05, 4.69) is 5.32 Å². The number of benzene rings is 3. The van der Waals surface area contributed by atoms with Crippen LogP contribution in [0.15, 0.2) is 78.9 Å². The van der Waals surface area contributed by atoms with Gasteiger partial charge in [-0.15, -0.1) is 0 Å². The van der Waals surface area contributed by atoms with Gasteiger partial charge in [0.1, 0.15) is 6.04 Å². The Bertz CT molecular complexity index is 1030. The van der Waals surface area contributed by atoms with Crippen LogP contribution in [0.25, 0.3) is 0 Å². The first-order valence-corrected chi connectivity index (χ1v) is 10.8. The van der Waals surface area contributed by atoms with Crippen LogP contribution in [-0.2, 0) is 22.7 Å². The zero-order valence-electron chi connectivity index (χ0n) is 17.2. The number of amides is 2. The van der Waals surface area contributed by atoms with Crippen molar-refractivity contribution in [3.63, 3.8) is 0 Å². The smallest absolute Gasteiger partial charge is 0.247 e. The first-order valence-electron chi connectivity index (χ1n) is 10.1. The van der Waals surface area contributed by atoms with Gasteiger partial charge in [-0.2, -0.15) is 0 Å². The van der Waals surface area contributed by atoms with Crippen molar-refractivity contribution in [2.24, 2.45) is 0 Å². The molecule has 0 heterocycles. The van der Waals surface area contributed by atoms with Gasteiger partial charge in [0.15, 0.2) is 0 Å². The number of hydrogen-bond donors (Lipinski definition) is 1. The van der Waals surface area contributed by atoms with Crippen LogP contribution in [0, 0.1) is 0 Å². The number of nitrogens with zero attached hydrogens (tertiary/aromatic N) is 1. The number of carbonyl (C=O) groups is 2. The predicted molar refractivity (Wildman–Crippen MR) is 125 cm³/mol. The third kappa shape index (κ3) is 6.09. The Morgan fingerprint density at radius 1 is 0.935 bits per heavy atom. The van der Waals surface area contributed by atoms with Gasteiger partial charge in [0.05, 0.1) is 0 Å². The lowest BCUT2D eigenvalue weighted by Crippen LogP contribution is -2.43. The molecular formula is C25H24Cl2N2O2. The molecule has 4 nitrogen and oxygen atoms in total. The third-order valence-corrected chi connectivity index (χ3v) is 5.55. The van der Waals surface area contributed by atoms with E-state index in [4.69, 9.17) is 23.2 Å². The highest BCUT2D eigenvalue weighted by Crippen LogP contribution is 2.26. The highest BCUT2D eigenvalue weighted by atomic mass is 35.5. The Morgan fingerprint density at radius 3 is 2.19 bits per heavy atom. The van der Waals surface area contributed by atoms with Crippen molar-refractivity contribution < 1.29 is 9.59 Å². The van der Waals surface area contributed by atoms with Crippen molar-refractivity contribution in [2.75, 3.05) is 0 Å². The Labute approximate surface area is 192 Å². The van der Waals surface area contributed by atoms with Crippen LogP contribution in [0.2, 0.25) is 10.0 Å². The minimum Gasteiger partial charge on any atom is -0.350 e. The van der Waals surface area contributed by atoms with Gasteiger partial charge in [-0.3, -0.25) is 9.59 Å². The van der Waals surface area contributed by atoms with Gasteiger partial charge in [-0.05, 0) is 28.8 Å². The van der Waals surface area contributed by atoms with Gasteiger partial charge >= 0.3 is 0 Å². The molecule has 0 saturated heterocycles. The minimum atomic E-state index is -0.764. The van der Waals surface area contributed by atoms with E-state index in [-0.39, 0.29) is 18.4 Å². The fraction of sp³-hybridized carbons (Fsp3) is 0.200. The first-order chi connectivity index (χ1) is 15.0. The minimum absolute atomic E-state index is 0.0996. The van der Waals surface area contributed by atoms with Gasteiger partial charge in [-0.25, -0.2) is 0 Å². The molecule has 0 aliphatic carbocycles. The summed E-state index contributed by atoms with van der Waals surface area (Å²) in [6.07, 6.45) is 0.298. The van der Waals surface area contributed by atoms with Crippen LogP contribution in [0.4, 0.5) is 0 Å². The molecule has 0 aromatic heterocycles. The van der Waals surface area contributed by atoms with E-state index in [0.717, 1.165) is 16.7 Å². The van der Waals surface area contributed by atoms with E-state index in [0.29, 0.717) is 23.0 Å². The van der Waals surface area contributed by atoms with Gasteiger partial charge in [0.25, 0.3) is 0 Å². The molecule has 0 saturated carbocycles. The molecule has 31 heavy (non-hydrogen) atoms. The molecule has 3 aromatic rings. The van der Waals surface area contributed by atoms with E-state index in [1.54, 1.807) is 30.0 Å². The molecule has 1 unspecified atom stereocenters. The van der Waals surface area contributed by atoms with Crippen molar-refractivity contribution >= 4 is 35.0 Å². The molecule has 3 aromatic carbocycles. The summed E-state index contributed by atoms with van der Waals surface area (Å²) in [5, 5.41) is 3.96. The Balaban J connectivity index is 1.90. The SMILES string of the molecule is CCC(=O)N(Cc1ccccc1)C(C(=O)NCc1ccc(Cl)cc1Cl)c1ccccc1. The number of nitrogens with one attached hydrogen (secondary N) is 1. The van der Waals surface area contributed by atoms with Crippen LogP contribution in [0.1, 0.15) is 36.1 Å². The maximum Gasteiger partial charge on any atom is 0.247 e. The van der Waals surface area contributed by atoms with Gasteiger partial charge in [-0.1, -0.05) is 96.9 Å². The van der Waals surface area contributed by atoms with E-state index in [1.165, 1.54) is 0 Å². The average molecular weight is 455 g/mol. The van der Waals surface area contributed by atoms with Crippen molar-refractivity contribution in [2.45, 2.75) is 32.5 Å². The maximum atomic E-state index is 13.4. The summed E-state index contributed by atoms with van der Waals surface area (Å²) in [5.41, 5.74) is 2.46. The summed E-state index contributed by atoms with van der Waals surface area (Å²) < 4.78 is 0. The second kappa shape index (κ2) is 11.0. The second-order valence-corrected chi connectivity index (χ2v) is 7.97. The molecule has 6 heteroatoms. The number of hydrogen-bond acceptors (Lipinski definition) is 2. The summed E-state index contributed by atoms with van der Waals surface area (Å²) in [6, 6.07) is 23.4. The second-order valence-electron chi connectivity index (χ2n) is 7.13. The largest absolute Gasteiger partial charge is 0.350 e. The van der Waals surface area contributed by atoms with E-state index in [1.807, 2.05) is 60.7 Å². The summed E-state index contributed by atoms with van der Waals surface area (Å²) in [4.78, 5) is 27.9. The topological polar surface area (TPSA) is 49.4 Å². The molecule has 0 fully saturated rings. The van der Waals surface area contributed by atoms with Crippen molar-refractivity contribution in [1.82, 2.24) is 10.2 Å². The van der Waals surface area contributed by atoms with E-state index >= 15 is 0 Å². The Hall–Kier alpha value is -2.82. The maximum absolute atomic E-state index is 13.4. The van der Waals surface area contributed by atoms with Gasteiger partial charge in [0, 0.05) is 29.6 Å². The fourth-order valence-corrected chi connectivity index (χ4v) is 3.83. The van der Waals surface area contributed by atoms with Crippen LogP contribution in [0.3, 0.4) is 0 Å². The van der Waals surface area contributed by atoms with Crippen LogP contribution < -0.4 is 5.32 Å².